The second-order valence-corrected chi connectivity index (χ2v) is 7.35. The van der Waals surface area contributed by atoms with Crippen molar-refractivity contribution in [1.82, 2.24) is 9.71 Å². The standard InChI is InChI=1S/C9H13ClN2O5S2/c1-9(2)15-6(5-4-12-8(10)18-5)7(16-9)17-19(13,14)11-3/h4,6-7,11H,1-3H3/t6-,7-/m1/s1. The lowest BCUT2D eigenvalue weighted by Gasteiger charge is -2.16. The van der Waals surface area contributed by atoms with Crippen LogP contribution < -0.4 is 4.72 Å². The Morgan fingerprint density at radius 2 is 2.21 bits per heavy atom. The molecular formula is C9H13ClN2O5S2. The fourth-order valence-corrected chi connectivity index (χ4v) is 3.04. The number of halogens is 1. The van der Waals surface area contributed by atoms with Gasteiger partial charge in [-0.15, -0.1) is 11.3 Å². The molecule has 10 heteroatoms. The number of aromatic nitrogens is 1. The zero-order chi connectivity index (χ0) is 14.3. The van der Waals surface area contributed by atoms with Gasteiger partial charge in [-0.3, -0.25) is 0 Å². The van der Waals surface area contributed by atoms with Crippen LogP contribution in [0, 0.1) is 0 Å². The molecular weight excluding hydrogens is 316 g/mol. The second kappa shape index (κ2) is 5.24. The Bertz CT molecular complexity index is 559. The molecule has 0 aromatic carbocycles. The average molecular weight is 329 g/mol. The first-order chi connectivity index (χ1) is 8.72. The van der Waals surface area contributed by atoms with Gasteiger partial charge in [0.25, 0.3) is 0 Å². The first kappa shape index (κ1) is 15.1. The maximum atomic E-state index is 11.4. The highest BCUT2D eigenvalue weighted by atomic mass is 35.5. The Kier molecular flexibility index (Phi) is 4.17. The van der Waals surface area contributed by atoms with Gasteiger partial charge < -0.3 is 9.47 Å². The predicted octanol–water partition coefficient (Wildman–Crippen LogP) is 1.43. The van der Waals surface area contributed by atoms with Crippen LogP contribution in [0.1, 0.15) is 24.8 Å². The van der Waals surface area contributed by atoms with Crippen molar-refractivity contribution in [3.63, 3.8) is 0 Å². The molecule has 1 saturated heterocycles. The maximum absolute atomic E-state index is 11.4. The van der Waals surface area contributed by atoms with Crippen LogP contribution >= 0.6 is 22.9 Å². The van der Waals surface area contributed by atoms with Gasteiger partial charge in [-0.2, -0.15) is 13.1 Å². The molecule has 7 nitrogen and oxygen atoms in total. The fourth-order valence-electron chi connectivity index (χ4n) is 1.56. The lowest BCUT2D eigenvalue weighted by molar-refractivity contribution is -0.167. The van der Waals surface area contributed by atoms with Gasteiger partial charge in [-0.25, -0.2) is 9.17 Å². The van der Waals surface area contributed by atoms with E-state index in [-0.39, 0.29) is 0 Å². The molecule has 1 fully saturated rings. The normalized spacial score (nSPS) is 26.7. The van der Waals surface area contributed by atoms with E-state index in [1.807, 2.05) is 4.72 Å². The summed E-state index contributed by atoms with van der Waals surface area (Å²) >= 11 is 6.93. The minimum absolute atomic E-state index is 0.332. The maximum Gasteiger partial charge on any atom is 0.338 e. The van der Waals surface area contributed by atoms with Crippen LogP contribution in [0.25, 0.3) is 0 Å². The van der Waals surface area contributed by atoms with Crippen LogP contribution in [0.5, 0.6) is 0 Å². The first-order valence-corrected chi connectivity index (χ1v) is 7.91. The molecule has 108 valence electrons. The van der Waals surface area contributed by atoms with Gasteiger partial charge in [0.15, 0.2) is 10.3 Å². The summed E-state index contributed by atoms with van der Waals surface area (Å²) in [7, 11) is -2.65. The van der Waals surface area contributed by atoms with Crippen molar-refractivity contribution in [2.45, 2.75) is 32.0 Å². The Labute approximate surface area is 120 Å². The summed E-state index contributed by atoms with van der Waals surface area (Å²) in [6.45, 7) is 3.33. The molecule has 1 aromatic rings. The van der Waals surface area contributed by atoms with E-state index >= 15 is 0 Å². The molecule has 0 aliphatic carbocycles. The molecule has 0 bridgehead atoms. The summed E-state index contributed by atoms with van der Waals surface area (Å²) in [5.74, 6) is -0.963. The highest BCUT2D eigenvalue weighted by molar-refractivity contribution is 7.84. The van der Waals surface area contributed by atoms with E-state index in [1.165, 1.54) is 24.6 Å². The van der Waals surface area contributed by atoms with Gasteiger partial charge in [0.2, 0.25) is 6.29 Å². The Morgan fingerprint density at radius 3 is 2.74 bits per heavy atom. The largest absolute Gasteiger partial charge is 0.338 e. The quantitative estimate of drug-likeness (QED) is 0.899. The van der Waals surface area contributed by atoms with E-state index in [9.17, 15) is 8.42 Å². The highest BCUT2D eigenvalue weighted by Gasteiger charge is 2.45. The van der Waals surface area contributed by atoms with Crippen LogP contribution in [0.3, 0.4) is 0 Å². The van der Waals surface area contributed by atoms with Crippen LogP contribution in [0.4, 0.5) is 0 Å². The summed E-state index contributed by atoms with van der Waals surface area (Å²) in [5, 5.41) is 0. The fraction of sp³-hybridized carbons (Fsp3) is 0.667. The number of nitrogens with one attached hydrogen (secondary N) is 1. The molecule has 19 heavy (non-hydrogen) atoms. The topological polar surface area (TPSA) is 86.8 Å². The lowest BCUT2D eigenvalue weighted by atomic mass is 10.3. The highest BCUT2D eigenvalue weighted by Crippen LogP contribution is 2.41. The van der Waals surface area contributed by atoms with Crippen molar-refractivity contribution >= 4 is 33.2 Å². The molecule has 0 unspecified atom stereocenters. The van der Waals surface area contributed by atoms with Gasteiger partial charge >= 0.3 is 10.3 Å². The SMILES string of the molecule is CNS(=O)(=O)O[C@H]1OC(C)(C)O[C@@H]1c1cnc(Cl)s1. The van der Waals surface area contributed by atoms with E-state index in [2.05, 4.69) is 4.98 Å². The van der Waals surface area contributed by atoms with Crippen LogP contribution in [0.2, 0.25) is 4.47 Å². The molecule has 1 N–H and O–H groups in total. The van der Waals surface area contributed by atoms with Crippen molar-refractivity contribution in [2.24, 2.45) is 0 Å². The summed E-state index contributed by atoms with van der Waals surface area (Å²) in [4.78, 5) is 4.52. The first-order valence-electron chi connectivity index (χ1n) is 5.31. The predicted molar refractivity (Wildman–Crippen MR) is 69.0 cm³/mol. The number of nitrogens with zero attached hydrogens (tertiary/aromatic N) is 1. The third kappa shape index (κ3) is 3.63. The number of hydrogen-bond acceptors (Lipinski definition) is 7. The zero-order valence-electron chi connectivity index (χ0n) is 10.4. The van der Waals surface area contributed by atoms with Crippen LogP contribution in [0.15, 0.2) is 6.20 Å². The van der Waals surface area contributed by atoms with E-state index in [1.54, 1.807) is 13.8 Å². The van der Waals surface area contributed by atoms with Gasteiger partial charge in [0.05, 0.1) is 4.88 Å². The van der Waals surface area contributed by atoms with Crippen molar-refractivity contribution in [3.05, 3.63) is 15.5 Å². The smallest absolute Gasteiger partial charge is 0.336 e. The summed E-state index contributed by atoms with van der Waals surface area (Å²) in [6.07, 6.45) is -0.294. The molecule has 2 atom stereocenters. The number of hydrogen-bond donors (Lipinski definition) is 1. The minimum Gasteiger partial charge on any atom is -0.336 e. The van der Waals surface area contributed by atoms with Crippen molar-refractivity contribution < 1.29 is 22.1 Å². The summed E-state index contributed by atoms with van der Waals surface area (Å²) < 4.78 is 41.2. The molecule has 1 aliphatic heterocycles. The Hall–Kier alpha value is -0.290. The van der Waals surface area contributed by atoms with Crippen LogP contribution in [-0.2, 0) is 24.0 Å². The average Bonchev–Trinajstić information content (AvgIpc) is 2.82. The third-order valence-corrected chi connectivity index (χ3v) is 4.42. The van der Waals surface area contributed by atoms with Gasteiger partial charge in [0, 0.05) is 13.2 Å². The van der Waals surface area contributed by atoms with E-state index in [4.69, 9.17) is 25.3 Å². The van der Waals surface area contributed by atoms with Gasteiger partial charge in [0.1, 0.15) is 6.10 Å². The molecule has 1 aliphatic rings. The van der Waals surface area contributed by atoms with E-state index in [0.717, 1.165) is 0 Å². The molecule has 0 saturated carbocycles. The van der Waals surface area contributed by atoms with Crippen LogP contribution in [-0.4, -0.2) is 32.5 Å². The number of rotatable bonds is 4. The Morgan fingerprint density at radius 1 is 1.53 bits per heavy atom. The minimum atomic E-state index is -3.89. The Balaban J connectivity index is 2.24. The summed E-state index contributed by atoms with van der Waals surface area (Å²) in [6, 6.07) is 0. The van der Waals surface area contributed by atoms with Gasteiger partial charge in [-0.05, 0) is 13.8 Å². The third-order valence-electron chi connectivity index (χ3n) is 2.31. The molecule has 2 heterocycles. The second-order valence-electron chi connectivity index (χ2n) is 4.19. The molecule has 2 rings (SSSR count). The van der Waals surface area contributed by atoms with Crippen molar-refractivity contribution in [3.8, 4) is 0 Å². The molecule has 0 amide bonds. The monoisotopic (exact) mass is 328 g/mol. The van der Waals surface area contributed by atoms with E-state index < -0.39 is 28.5 Å². The zero-order valence-corrected chi connectivity index (χ0v) is 12.8. The lowest BCUT2D eigenvalue weighted by Crippen LogP contribution is -2.30. The molecule has 0 spiro atoms. The number of thiazole rings is 1. The van der Waals surface area contributed by atoms with Crippen molar-refractivity contribution in [2.75, 3.05) is 7.05 Å². The number of ether oxygens (including phenoxy) is 2. The van der Waals surface area contributed by atoms with Crippen molar-refractivity contribution in [1.29, 1.82) is 0 Å². The van der Waals surface area contributed by atoms with Gasteiger partial charge in [-0.1, -0.05) is 11.6 Å². The van der Waals surface area contributed by atoms with E-state index in [0.29, 0.717) is 9.34 Å². The molecule has 1 aromatic heterocycles. The summed E-state index contributed by atoms with van der Waals surface area (Å²) in [5.41, 5.74) is 0. The molecule has 0 radical (unpaired) electrons.